The van der Waals surface area contributed by atoms with Gasteiger partial charge in [-0.25, -0.2) is 9.78 Å². The third-order valence-corrected chi connectivity index (χ3v) is 6.77. The molecule has 0 spiro atoms. The Bertz CT molecular complexity index is 1550. The molecule has 0 saturated carbocycles. The molecule has 0 bridgehead atoms. The number of likely N-dealkylation sites (N-methyl/N-ethyl adjacent to an activating group) is 1. The van der Waals surface area contributed by atoms with Crippen molar-refractivity contribution < 1.29 is 14.3 Å². The number of amides is 1. The molecule has 5 rings (SSSR count). The number of hydrogen-bond donors (Lipinski definition) is 1. The van der Waals surface area contributed by atoms with Crippen LogP contribution >= 0.6 is 0 Å². The number of nitrogens with two attached hydrogens (primary N) is 1. The molecule has 39 heavy (non-hydrogen) atoms. The minimum absolute atomic E-state index is 0.0511. The molecule has 0 aliphatic carbocycles. The minimum Gasteiger partial charge on any atom is -0.497 e. The third kappa shape index (κ3) is 5.37. The van der Waals surface area contributed by atoms with E-state index in [1.807, 2.05) is 61.5 Å². The molecular weight excluding hydrogens is 496 g/mol. The summed E-state index contributed by atoms with van der Waals surface area (Å²) >= 11 is 0. The monoisotopic (exact) mass is 528 g/mol. The van der Waals surface area contributed by atoms with Gasteiger partial charge in [-0.2, -0.15) is 0 Å². The average Bonchev–Trinajstić information content (AvgIpc) is 3.52. The van der Waals surface area contributed by atoms with E-state index < -0.39 is 0 Å². The highest BCUT2D eigenvalue weighted by atomic mass is 16.5. The van der Waals surface area contributed by atoms with Gasteiger partial charge in [0.25, 0.3) is 0 Å². The number of ether oxygens (including phenoxy) is 2. The lowest BCUT2D eigenvalue weighted by Gasteiger charge is -2.15. The highest BCUT2D eigenvalue weighted by molar-refractivity contribution is 5.88. The van der Waals surface area contributed by atoms with Crippen LogP contribution < -0.4 is 20.9 Å². The Labute approximate surface area is 226 Å². The number of pyridine rings is 1. The fourth-order valence-electron chi connectivity index (χ4n) is 4.85. The van der Waals surface area contributed by atoms with Gasteiger partial charge in [-0.3, -0.25) is 13.9 Å². The molecule has 10 heteroatoms. The number of methoxy groups -OCH3 is 1. The molecule has 2 aromatic heterocycles. The van der Waals surface area contributed by atoms with Gasteiger partial charge in [-0.1, -0.05) is 6.08 Å². The van der Waals surface area contributed by atoms with Crippen LogP contribution in [-0.4, -0.2) is 70.7 Å². The van der Waals surface area contributed by atoms with E-state index in [2.05, 4.69) is 4.98 Å². The third-order valence-electron chi connectivity index (χ3n) is 6.77. The summed E-state index contributed by atoms with van der Waals surface area (Å²) in [6.07, 6.45) is 5.72. The van der Waals surface area contributed by atoms with Crippen LogP contribution in [0.25, 0.3) is 16.7 Å². The second kappa shape index (κ2) is 11.0. The quantitative estimate of drug-likeness (QED) is 0.349. The van der Waals surface area contributed by atoms with Crippen molar-refractivity contribution in [1.29, 1.82) is 0 Å². The smallest absolute Gasteiger partial charge is 0.334 e. The molecule has 1 atom stereocenters. The Morgan fingerprint density at radius 2 is 1.74 bits per heavy atom. The fraction of sp³-hybridized carbons (Fsp3) is 0.276. The zero-order valence-corrected chi connectivity index (χ0v) is 22.3. The molecular formula is C29H32N6O4. The number of hydrogen-bond acceptors (Lipinski definition) is 7. The predicted octanol–water partition coefficient (Wildman–Crippen LogP) is 3.46. The van der Waals surface area contributed by atoms with Gasteiger partial charge in [0.15, 0.2) is 0 Å². The van der Waals surface area contributed by atoms with Crippen molar-refractivity contribution in [2.75, 3.05) is 46.6 Å². The molecule has 202 valence electrons. The summed E-state index contributed by atoms with van der Waals surface area (Å²) in [7, 11) is 5.51. The number of carbonyl (C=O) groups excluding carboxylic acids is 1. The number of nitrogen functional groups attached to an aromatic ring is 1. The molecule has 1 amide bonds. The van der Waals surface area contributed by atoms with Gasteiger partial charge in [-0.05, 0) is 75.1 Å². The Balaban J connectivity index is 1.43. The molecule has 1 fully saturated rings. The first-order valence-corrected chi connectivity index (χ1v) is 12.8. The second-order valence-corrected chi connectivity index (χ2v) is 9.71. The maximum absolute atomic E-state index is 13.9. The summed E-state index contributed by atoms with van der Waals surface area (Å²) < 4.78 is 14.5. The SMILES string of the molecule is COc1ccc(Oc2ccc(-n3c(=O)n(C4CCN(C(=O)/C=C/CN(C)C)C4)c4ccnc(N)c43)cc2)cc1. The van der Waals surface area contributed by atoms with Crippen LogP contribution in [0.4, 0.5) is 5.82 Å². The molecule has 2 aromatic carbocycles. The van der Waals surface area contributed by atoms with E-state index in [1.54, 1.807) is 51.6 Å². The van der Waals surface area contributed by atoms with Gasteiger partial charge in [0.05, 0.1) is 24.4 Å². The van der Waals surface area contributed by atoms with Gasteiger partial charge in [-0.15, -0.1) is 0 Å². The first-order chi connectivity index (χ1) is 18.9. The fourth-order valence-corrected chi connectivity index (χ4v) is 4.85. The Morgan fingerprint density at radius 3 is 2.41 bits per heavy atom. The highest BCUT2D eigenvalue weighted by Gasteiger charge is 2.30. The normalized spacial score (nSPS) is 15.5. The van der Waals surface area contributed by atoms with Gasteiger partial charge >= 0.3 is 5.69 Å². The summed E-state index contributed by atoms with van der Waals surface area (Å²) in [4.78, 5) is 34.6. The molecule has 0 radical (unpaired) electrons. The number of rotatable bonds is 8. The number of imidazole rings is 1. The van der Waals surface area contributed by atoms with Crippen molar-refractivity contribution in [3.05, 3.63) is 83.4 Å². The molecule has 10 nitrogen and oxygen atoms in total. The summed E-state index contributed by atoms with van der Waals surface area (Å²) in [5.41, 5.74) is 7.94. The van der Waals surface area contributed by atoms with Gasteiger partial charge in [0.2, 0.25) is 5.91 Å². The van der Waals surface area contributed by atoms with E-state index in [1.165, 1.54) is 0 Å². The summed E-state index contributed by atoms with van der Waals surface area (Å²) in [6.45, 7) is 1.71. The zero-order valence-electron chi connectivity index (χ0n) is 22.3. The molecule has 2 N–H and O–H groups in total. The molecule has 1 aliphatic heterocycles. The summed E-state index contributed by atoms with van der Waals surface area (Å²) in [5.74, 6) is 2.25. The van der Waals surface area contributed by atoms with E-state index in [0.717, 1.165) is 5.75 Å². The molecule has 3 heterocycles. The van der Waals surface area contributed by atoms with Crippen molar-refractivity contribution in [2.45, 2.75) is 12.5 Å². The van der Waals surface area contributed by atoms with Gasteiger partial charge in [0, 0.05) is 31.9 Å². The van der Waals surface area contributed by atoms with Crippen molar-refractivity contribution in [3.8, 4) is 22.9 Å². The second-order valence-electron chi connectivity index (χ2n) is 9.71. The molecule has 4 aromatic rings. The molecule has 1 aliphatic rings. The molecule has 1 saturated heterocycles. The van der Waals surface area contributed by atoms with E-state index in [9.17, 15) is 9.59 Å². The average molecular weight is 529 g/mol. The minimum atomic E-state index is -0.226. The standard InChI is InChI=1S/C29H32N6O4/c1-32(2)17-4-5-26(36)33-18-15-21(19-33)34-25-14-16-31-28(30)27(25)35(29(34)37)20-6-8-23(9-7-20)39-24-12-10-22(38-3)11-13-24/h4-14,16,21H,15,17-19H2,1-3H3,(H2,30,31)/b5-4+. The lowest BCUT2D eigenvalue weighted by Crippen LogP contribution is -2.31. The first-order valence-electron chi connectivity index (χ1n) is 12.8. The Kier molecular flexibility index (Phi) is 7.38. The zero-order chi connectivity index (χ0) is 27.5. The van der Waals surface area contributed by atoms with E-state index >= 15 is 0 Å². The van der Waals surface area contributed by atoms with E-state index in [-0.39, 0.29) is 23.5 Å². The number of fused-ring (bicyclic) bond motifs is 1. The van der Waals surface area contributed by atoms with Crippen LogP contribution in [0.3, 0.4) is 0 Å². The molecule has 1 unspecified atom stereocenters. The van der Waals surface area contributed by atoms with Crippen molar-refractivity contribution >= 4 is 22.8 Å². The lowest BCUT2D eigenvalue weighted by molar-refractivity contribution is -0.125. The van der Waals surface area contributed by atoms with Gasteiger partial charge in [0.1, 0.15) is 28.6 Å². The van der Waals surface area contributed by atoms with Crippen molar-refractivity contribution in [2.24, 2.45) is 0 Å². The Hall–Kier alpha value is -4.57. The maximum Gasteiger partial charge on any atom is 0.334 e. The van der Waals surface area contributed by atoms with Crippen LogP contribution in [0, 0.1) is 0 Å². The van der Waals surface area contributed by atoms with Crippen molar-refractivity contribution in [3.63, 3.8) is 0 Å². The predicted molar refractivity (Wildman–Crippen MR) is 151 cm³/mol. The van der Waals surface area contributed by atoms with Crippen LogP contribution in [-0.2, 0) is 4.79 Å². The first kappa shape index (κ1) is 26.1. The van der Waals surface area contributed by atoms with Crippen LogP contribution in [0.5, 0.6) is 17.2 Å². The largest absolute Gasteiger partial charge is 0.497 e. The number of nitrogens with zero attached hydrogens (tertiary/aromatic N) is 5. The summed E-state index contributed by atoms with van der Waals surface area (Å²) in [5, 5.41) is 0. The van der Waals surface area contributed by atoms with Crippen molar-refractivity contribution in [1.82, 2.24) is 23.9 Å². The summed E-state index contributed by atoms with van der Waals surface area (Å²) in [6, 6.07) is 16.2. The maximum atomic E-state index is 13.9. The van der Waals surface area contributed by atoms with E-state index in [4.69, 9.17) is 15.2 Å². The van der Waals surface area contributed by atoms with Gasteiger partial charge < -0.3 is 25.0 Å². The number of anilines is 1. The van der Waals surface area contributed by atoms with Crippen LogP contribution in [0.15, 0.2) is 77.7 Å². The van der Waals surface area contributed by atoms with E-state index in [0.29, 0.717) is 54.3 Å². The highest BCUT2D eigenvalue weighted by Crippen LogP contribution is 2.30. The number of likely N-dealkylation sites (tertiary alicyclic amines) is 1. The Morgan fingerprint density at radius 1 is 1.08 bits per heavy atom. The topological polar surface area (TPSA) is 108 Å². The van der Waals surface area contributed by atoms with Crippen LogP contribution in [0.1, 0.15) is 12.5 Å². The number of carbonyl (C=O) groups is 1. The number of benzene rings is 2. The lowest BCUT2D eigenvalue weighted by atomic mass is 10.2. The van der Waals surface area contributed by atoms with Crippen LogP contribution in [0.2, 0.25) is 0 Å². The number of aromatic nitrogens is 3.